The largest absolute Gasteiger partial charge is 0.317 e. The molecule has 110 valence electrons. The smallest absolute Gasteiger partial charge is 0.0221 e. The Morgan fingerprint density at radius 3 is 2.45 bits per heavy atom. The number of aryl methyl sites for hydroxylation is 1. The van der Waals surface area contributed by atoms with E-state index in [1.54, 1.807) is 0 Å². The molecule has 0 aromatic heterocycles. The van der Waals surface area contributed by atoms with Gasteiger partial charge in [0.15, 0.2) is 0 Å². The number of piperidine rings is 1. The number of hydrogen-bond donors (Lipinski definition) is 1. The van der Waals surface area contributed by atoms with Crippen LogP contribution >= 0.6 is 11.6 Å². The van der Waals surface area contributed by atoms with Crippen molar-refractivity contribution in [3.63, 3.8) is 0 Å². The summed E-state index contributed by atoms with van der Waals surface area (Å²) >= 11 is 6.69. The summed E-state index contributed by atoms with van der Waals surface area (Å²) in [5.41, 5.74) is 4.04. The molecular weight excluding hydrogens is 266 g/mol. The zero-order valence-corrected chi connectivity index (χ0v) is 13.5. The van der Waals surface area contributed by atoms with E-state index in [0.717, 1.165) is 24.5 Å². The second kappa shape index (κ2) is 7.85. The van der Waals surface area contributed by atoms with Crippen molar-refractivity contribution in [2.75, 3.05) is 13.1 Å². The molecule has 2 rings (SSSR count). The molecule has 1 aromatic carbocycles. The Hall–Kier alpha value is -0.790. The molecule has 1 saturated heterocycles. The Morgan fingerprint density at radius 2 is 1.85 bits per heavy atom. The van der Waals surface area contributed by atoms with Crippen molar-refractivity contribution in [3.05, 3.63) is 40.4 Å². The highest BCUT2D eigenvalue weighted by Crippen LogP contribution is 2.36. The molecule has 2 heteroatoms. The first-order chi connectivity index (χ1) is 9.72. The lowest BCUT2D eigenvalue weighted by Gasteiger charge is -2.27. The molecule has 0 amide bonds. The molecule has 0 unspecified atom stereocenters. The van der Waals surface area contributed by atoms with Gasteiger partial charge in [-0.1, -0.05) is 54.8 Å². The van der Waals surface area contributed by atoms with Gasteiger partial charge < -0.3 is 5.32 Å². The van der Waals surface area contributed by atoms with Gasteiger partial charge in [0.1, 0.15) is 0 Å². The minimum absolute atomic E-state index is 0.614. The van der Waals surface area contributed by atoms with Crippen LogP contribution in [0.5, 0.6) is 0 Å². The number of hydrogen-bond acceptors (Lipinski definition) is 1. The third-order valence-corrected chi connectivity index (χ3v) is 4.54. The van der Waals surface area contributed by atoms with E-state index < -0.39 is 0 Å². The van der Waals surface area contributed by atoms with Gasteiger partial charge >= 0.3 is 0 Å². The summed E-state index contributed by atoms with van der Waals surface area (Å²) in [4.78, 5) is 0. The zero-order chi connectivity index (χ0) is 14.4. The fraction of sp³-hybridized carbons (Fsp3) is 0.556. The molecule has 0 atom stereocenters. The Balaban J connectivity index is 2.29. The van der Waals surface area contributed by atoms with Gasteiger partial charge in [0, 0.05) is 5.03 Å². The first kappa shape index (κ1) is 15.6. The molecule has 1 aliphatic rings. The number of nitrogens with one attached hydrogen (secondary N) is 1. The van der Waals surface area contributed by atoms with Gasteiger partial charge in [-0.25, -0.2) is 0 Å². The topological polar surface area (TPSA) is 12.0 Å². The van der Waals surface area contributed by atoms with Gasteiger partial charge in [-0.3, -0.25) is 0 Å². The van der Waals surface area contributed by atoms with Gasteiger partial charge in [0.05, 0.1) is 0 Å². The molecule has 1 N–H and O–H groups in total. The van der Waals surface area contributed by atoms with Crippen molar-refractivity contribution in [1.82, 2.24) is 5.32 Å². The summed E-state index contributed by atoms with van der Waals surface area (Å²) in [6.45, 7) is 6.58. The molecule has 0 aliphatic carbocycles. The fourth-order valence-corrected chi connectivity index (χ4v) is 3.32. The molecule has 0 spiro atoms. The number of rotatable bonds is 5. The van der Waals surface area contributed by atoms with Gasteiger partial charge in [0.2, 0.25) is 0 Å². The molecular formula is C18H26ClN. The van der Waals surface area contributed by atoms with Crippen LogP contribution < -0.4 is 5.32 Å². The van der Waals surface area contributed by atoms with Crippen LogP contribution in [0.4, 0.5) is 0 Å². The summed E-state index contributed by atoms with van der Waals surface area (Å²) in [6.07, 6.45) is 5.80. The van der Waals surface area contributed by atoms with E-state index in [0.29, 0.717) is 5.92 Å². The van der Waals surface area contributed by atoms with E-state index in [-0.39, 0.29) is 0 Å². The van der Waals surface area contributed by atoms with Crippen molar-refractivity contribution in [3.8, 4) is 0 Å². The van der Waals surface area contributed by atoms with Gasteiger partial charge in [-0.15, -0.1) is 0 Å². The predicted molar refractivity (Wildman–Crippen MR) is 89.1 cm³/mol. The number of halogens is 1. The van der Waals surface area contributed by atoms with E-state index in [1.165, 1.54) is 42.4 Å². The van der Waals surface area contributed by atoms with Crippen LogP contribution in [-0.4, -0.2) is 13.1 Å². The maximum absolute atomic E-state index is 6.69. The summed E-state index contributed by atoms with van der Waals surface area (Å²) < 4.78 is 0. The molecule has 1 nitrogen and oxygen atoms in total. The Bertz CT molecular complexity index is 441. The van der Waals surface area contributed by atoms with Crippen molar-refractivity contribution in [2.24, 2.45) is 5.92 Å². The summed E-state index contributed by atoms with van der Waals surface area (Å²) in [5.74, 6) is 0.614. The Labute approximate surface area is 128 Å². The van der Waals surface area contributed by atoms with Crippen LogP contribution in [0.3, 0.4) is 0 Å². The van der Waals surface area contributed by atoms with E-state index in [2.05, 4.69) is 43.4 Å². The minimum atomic E-state index is 0.614. The molecule has 0 saturated carbocycles. The summed E-state index contributed by atoms with van der Waals surface area (Å²) in [5, 5.41) is 4.53. The molecule has 20 heavy (non-hydrogen) atoms. The van der Waals surface area contributed by atoms with E-state index in [1.807, 2.05) is 0 Å². The summed E-state index contributed by atoms with van der Waals surface area (Å²) in [6, 6.07) is 8.86. The summed E-state index contributed by atoms with van der Waals surface area (Å²) in [7, 11) is 0. The van der Waals surface area contributed by atoms with Crippen LogP contribution in [0, 0.1) is 12.8 Å². The average molecular weight is 292 g/mol. The highest BCUT2D eigenvalue weighted by molar-refractivity contribution is 6.32. The third kappa shape index (κ3) is 4.10. The molecule has 1 fully saturated rings. The highest BCUT2D eigenvalue weighted by Gasteiger charge is 2.21. The normalized spacial score (nSPS) is 17.9. The van der Waals surface area contributed by atoms with E-state index >= 15 is 0 Å². The quantitative estimate of drug-likeness (QED) is 0.792. The lowest BCUT2D eigenvalue weighted by atomic mass is 9.84. The van der Waals surface area contributed by atoms with Crippen LogP contribution in [0.1, 0.15) is 50.2 Å². The van der Waals surface area contributed by atoms with E-state index in [9.17, 15) is 0 Å². The molecule has 0 bridgehead atoms. The highest BCUT2D eigenvalue weighted by atomic mass is 35.5. The zero-order valence-electron chi connectivity index (χ0n) is 12.7. The molecule has 0 radical (unpaired) electrons. The first-order valence-corrected chi connectivity index (χ1v) is 8.26. The lowest BCUT2D eigenvalue weighted by Crippen LogP contribution is -2.28. The number of unbranched alkanes of at least 4 members (excludes halogenated alkanes) is 1. The standard InChI is InChI=1S/C18H26ClN/c1-3-4-5-17(19)18(16-10-12-20-13-11-16)15-8-6-14(2)7-9-15/h6-9,16,20H,3-5,10-13H2,1-2H3/b18-17-. The van der Waals surface area contributed by atoms with Crippen LogP contribution in [0.25, 0.3) is 5.57 Å². The lowest BCUT2D eigenvalue weighted by molar-refractivity contribution is 0.445. The van der Waals surface area contributed by atoms with Gasteiger partial charge in [-0.05, 0) is 62.8 Å². The maximum atomic E-state index is 6.69. The monoisotopic (exact) mass is 291 g/mol. The van der Waals surface area contributed by atoms with Crippen molar-refractivity contribution >= 4 is 17.2 Å². The number of allylic oxidation sites excluding steroid dienone is 2. The van der Waals surface area contributed by atoms with Crippen LogP contribution in [0.15, 0.2) is 29.3 Å². The Kier molecular flexibility index (Phi) is 6.12. The Morgan fingerprint density at radius 1 is 1.20 bits per heavy atom. The first-order valence-electron chi connectivity index (χ1n) is 7.88. The average Bonchev–Trinajstić information content (AvgIpc) is 2.48. The van der Waals surface area contributed by atoms with E-state index in [4.69, 9.17) is 11.6 Å². The maximum Gasteiger partial charge on any atom is 0.0221 e. The van der Waals surface area contributed by atoms with Crippen LogP contribution in [0.2, 0.25) is 0 Å². The molecule has 1 heterocycles. The second-order valence-electron chi connectivity index (χ2n) is 5.81. The molecule has 1 aromatic rings. The van der Waals surface area contributed by atoms with Crippen molar-refractivity contribution in [2.45, 2.75) is 46.0 Å². The SMILES string of the molecule is CCCC/C(Cl)=C(\c1ccc(C)cc1)C1CCNCC1. The van der Waals surface area contributed by atoms with Gasteiger partial charge in [-0.2, -0.15) is 0 Å². The van der Waals surface area contributed by atoms with Gasteiger partial charge in [0.25, 0.3) is 0 Å². The predicted octanol–water partition coefficient (Wildman–Crippen LogP) is 5.13. The number of benzene rings is 1. The van der Waals surface area contributed by atoms with Crippen molar-refractivity contribution < 1.29 is 0 Å². The van der Waals surface area contributed by atoms with Crippen molar-refractivity contribution in [1.29, 1.82) is 0 Å². The second-order valence-corrected chi connectivity index (χ2v) is 6.27. The third-order valence-electron chi connectivity index (χ3n) is 4.15. The molecule has 1 aliphatic heterocycles. The fourth-order valence-electron chi connectivity index (χ4n) is 2.92. The minimum Gasteiger partial charge on any atom is -0.317 e. The van der Waals surface area contributed by atoms with Crippen LogP contribution in [-0.2, 0) is 0 Å².